The first-order valence-electron chi connectivity index (χ1n) is 9.11. The van der Waals surface area contributed by atoms with Crippen LogP contribution in [0.15, 0.2) is 47.4 Å². The Labute approximate surface area is 160 Å². The predicted molar refractivity (Wildman–Crippen MR) is 98.6 cm³/mol. The number of amides is 2. The Morgan fingerprint density at radius 1 is 1.14 bits per heavy atom. The highest BCUT2D eigenvalue weighted by Gasteiger charge is 2.41. The van der Waals surface area contributed by atoms with Crippen LogP contribution in [0.1, 0.15) is 38.0 Å². The number of carbonyl (C=O) groups is 1. The van der Waals surface area contributed by atoms with Crippen molar-refractivity contribution in [1.82, 2.24) is 25.4 Å². The second kappa shape index (κ2) is 7.71. The maximum absolute atomic E-state index is 13.8. The van der Waals surface area contributed by atoms with E-state index in [4.69, 9.17) is 4.52 Å². The van der Waals surface area contributed by atoms with Crippen LogP contribution in [0.25, 0.3) is 11.5 Å². The number of hydrogen-bond donors (Lipinski definition) is 2. The topological polar surface area (TPSA) is 106 Å². The molecule has 0 spiro atoms. The van der Waals surface area contributed by atoms with E-state index in [9.17, 15) is 9.18 Å². The van der Waals surface area contributed by atoms with Crippen molar-refractivity contribution in [3.8, 4) is 11.5 Å². The zero-order valence-corrected chi connectivity index (χ0v) is 15.1. The average Bonchev–Trinajstić information content (AvgIpc) is 3.22. The first-order valence-corrected chi connectivity index (χ1v) is 9.11. The Bertz CT molecular complexity index is 956. The molecule has 0 unspecified atom stereocenters. The maximum Gasteiger partial charge on any atom is 0.320 e. The molecule has 0 radical (unpaired) electrons. The molecule has 3 aromatic rings. The highest BCUT2D eigenvalue weighted by Crippen LogP contribution is 2.37. The smallest absolute Gasteiger partial charge is 0.320 e. The van der Waals surface area contributed by atoms with Gasteiger partial charge in [-0.05, 0) is 25.0 Å². The molecule has 4 rings (SSSR count). The van der Waals surface area contributed by atoms with Gasteiger partial charge in [0.15, 0.2) is 0 Å². The maximum atomic E-state index is 13.8. The quantitative estimate of drug-likeness (QED) is 0.713. The molecular weight excluding hydrogens is 363 g/mol. The van der Waals surface area contributed by atoms with Crippen LogP contribution in [0.5, 0.6) is 0 Å². The fourth-order valence-corrected chi connectivity index (χ4v) is 3.42. The summed E-state index contributed by atoms with van der Waals surface area (Å²) in [5.41, 5.74) is -0.211. The van der Waals surface area contributed by atoms with Crippen LogP contribution in [-0.4, -0.2) is 26.1 Å². The molecule has 1 aliphatic carbocycles. The van der Waals surface area contributed by atoms with E-state index in [-0.39, 0.29) is 5.69 Å². The number of nitrogens with one attached hydrogen (secondary N) is 2. The van der Waals surface area contributed by atoms with Crippen molar-refractivity contribution in [2.24, 2.45) is 0 Å². The number of nitrogens with zero attached hydrogens (tertiary/aromatic N) is 4. The molecule has 28 heavy (non-hydrogen) atoms. The first-order chi connectivity index (χ1) is 13.7. The number of halogens is 1. The Balaban J connectivity index is 1.58. The van der Waals surface area contributed by atoms with Crippen LogP contribution >= 0.6 is 0 Å². The van der Waals surface area contributed by atoms with Crippen LogP contribution in [0, 0.1) is 5.82 Å². The highest BCUT2D eigenvalue weighted by molar-refractivity contribution is 5.89. The van der Waals surface area contributed by atoms with Gasteiger partial charge in [-0.25, -0.2) is 14.2 Å². The van der Waals surface area contributed by atoms with Gasteiger partial charge >= 0.3 is 6.03 Å². The minimum Gasteiger partial charge on any atom is -0.336 e. The van der Waals surface area contributed by atoms with Crippen LogP contribution in [0.3, 0.4) is 0 Å². The first kappa shape index (κ1) is 18.0. The molecule has 144 valence electrons. The molecule has 2 aromatic heterocycles. The summed E-state index contributed by atoms with van der Waals surface area (Å²) in [6, 6.07) is 5.48. The summed E-state index contributed by atoms with van der Waals surface area (Å²) in [6.07, 6.45) is 8.82. The predicted octanol–water partition coefficient (Wildman–Crippen LogP) is 3.65. The largest absolute Gasteiger partial charge is 0.336 e. The number of anilines is 1. The summed E-state index contributed by atoms with van der Waals surface area (Å²) < 4.78 is 19.3. The van der Waals surface area contributed by atoms with E-state index in [0.29, 0.717) is 30.3 Å². The van der Waals surface area contributed by atoms with Gasteiger partial charge < -0.3 is 15.2 Å². The fraction of sp³-hybridized carbons (Fsp3) is 0.316. The fourth-order valence-electron chi connectivity index (χ4n) is 3.42. The average molecular weight is 382 g/mol. The van der Waals surface area contributed by atoms with Crippen molar-refractivity contribution >= 4 is 11.7 Å². The van der Waals surface area contributed by atoms with Gasteiger partial charge in [0.1, 0.15) is 17.1 Å². The molecule has 2 N–H and O–H groups in total. The molecule has 2 amide bonds. The van der Waals surface area contributed by atoms with Gasteiger partial charge in [-0.2, -0.15) is 4.98 Å². The third kappa shape index (κ3) is 3.68. The summed E-state index contributed by atoms with van der Waals surface area (Å²) in [5, 5.41) is 9.49. The number of hydrogen-bond acceptors (Lipinski definition) is 6. The summed E-state index contributed by atoms with van der Waals surface area (Å²) in [5.74, 6) is 0.124. The van der Waals surface area contributed by atoms with Gasteiger partial charge in [-0.15, -0.1) is 0 Å². The van der Waals surface area contributed by atoms with Crippen LogP contribution in [0.2, 0.25) is 0 Å². The van der Waals surface area contributed by atoms with Crippen molar-refractivity contribution in [3.05, 3.63) is 54.6 Å². The van der Waals surface area contributed by atoms with Crippen molar-refractivity contribution in [2.75, 3.05) is 5.32 Å². The van der Waals surface area contributed by atoms with Gasteiger partial charge in [0.05, 0.1) is 11.9 Å². The number of para-hydroxylation sites is 1. The Kier molecular flexibility index (Phi) is 4.96. The summed E-state index contributed by atoms with van der Waals surface area (Å²) in [7, 11) is 0. The molecule has 0 saturated heterocycles. The summed E-state index contributed by atoms with van der Waals surface area (Å²) in [6.45, 7) is 0. The lowest BCUT2D eigenvalue weighted by Gasteiger charge is -2.34. The highest BCUT2D eigenvalue weighted by atomic mass is 19.1. The van der Waals surface area contributed by atoms with Gasteiger partial charge in [-0.3, -0.25) is 4.98 Å². The molecule has 0 aliphatic heterocycles. The van der Waals surface area contributed by atoms with Crippen LogP contribution in [-0.2, 0) is 5.54 Å². The lowest BCUT2D eigenvalue weighted by atomic mass is 9.81. The van der Waals surface area contributed by atoms with Gasteiger partial charge in [0, 0.05) is 12.4 Å². The molecule has 0 atom stereocenters. The molecular formula is C19H19FN6O2. The molecule has 1 saturated carbocycles. The van der Waals surface area contributed by atoms with Crippen molar-refractivity contribution in [2.45, 2.75) is 37.6 Å². The second-order valence-corrected chi connectivity index (χ2v) is 6.72. The van der Waals surface area contributed by atoms with Gasteiger partial charge in [0.25, 0.3) is 5.89 Å². The van der Waals surface area contributed by atoms with Crippen molar-refractivity contribution in [3.63, 3.8) is 0 Å². The Morgan fingerprint density at radius 3 is 2.71 bits per heavy atom. The molecule has 1 aromatic carbocycles. The molecule has 9 heteroatoms. The Morgan fingerprint density at radius 2 is 1.96 bits per heavy atom. The van der Waals surface area contributed by atoms with Gasteiger partial charge in [0.2, 0.25) is 5.82 Å². The van der Waals surface area contributed by atoms with E-state index in [0.717, 1.165) is 19.3 Å². The third-order valence-electron chi connectivity index (χ3n) is 4.81. The van der Waals surface area contributed by atoms with E-state index >= 15 is 0 Å². The summed E-state index contributed by atoms with van der Waals surface area (Å²) >= 11 is 0. The SMILES string of the molecule is O=C(Nc1ccccc1F)NC1(c2nc(-c3cnccn3)no2)CCCCC1. The number of carbonyl (C=O) groups excluding carboxylic acids is 1. The second-order valence-electron chi connectivity index (χ2n) is 6.72. The minimum absolute atomic E-state index is 0.108. The summed E-state index contributed by atoms with van der Waals surface area (Å²) in [4.78, 5) is 25.2. The zero-order valence-electron chi connectivity index (χ0n) is 15.1. The van der Waals surface area contributed by atoms with Crippen molar-refractivity contribution < 1.29 is 13.7 Å². The molecule has 2 heterocycles. The molecule has 0 bridgehead atoms. The zero-order chi connectivity index (χ0) is 19.4. The van der Waals surface area contributed by atoms with Gasteiger partial charge in [-0.1, -0.05) is 36.6 Å². The molecule has 8 nitrogen and oxygen atoms in total. The lowest BCUT2D eigenvalue weighted by Crippen LogP contribution is -2.49. The minimum atomic E-state index is -0.805. The van der Waals surface area contributed by atoms with Crippen LogP contribution in [0.4, 0.5) is 14.9 Å². The lowest BCUT2D eigenvalue weighted by molar-refractivity contribution is 0.173. The standard InChI is InChI=1S/C19H19FN6O2/c20-13-6-2-3-7-14(13)23-18(27)25-19(8-4-1-5-9-19)17-24-16(26-28-17)15-12-21-10-11-22-15/h2-3,6-7,10-12H,1,4-5,8-9H2,(H2,23,25,27). The number of aromatic nitrogens is 4. The van der Waals surface area contributed by atoms with E-state index in [1.54, 1.807) is 30.7 Å². The van der Waals surface area contributed by atoms with E-state index in [1.165, 1.54) is 12.1 Å². The van der Waals surface area contributed by atoms with Crippen LogP contribution < -0.4 is 10.6 Å². The molecule has 1 aliphatic rings. The third-order valence-corrected chi connectivity index (χ3v) is 4.81. The normalized spacial score (nSPS) is 15.8. The monoisotopic (exact) mass is 382 g/mol. The number of urea groups is 1. The molecule has 1 fully saturated rings. The number of rotatable bonds is 4. The van der Waals surface area contributed by atoms with E-state index in [2.05, 4.69) is 30.7 Å². The van der Waals surface area contributed by atoms with E-state index < -0.39 is 17.4 Å². The number of benzene rings is 1. The van der Waals surface area contributed by atoms with Crippen molar-refractivity contribution in [1.29, 1.82) is 0 Å². The Hall–Kier alpha value is -3.36. The van der Waals surface area contributed by atoms with E-state index in [1.807, 2.05) is 0 Å².